The SMILES string of the molecule is NC(=O)c1ccc(Oc2cccc(N)c2)c(Br)c1. The molecule has 0 saturated carbocycles. The molecule has 2 aromatic rings. The zero-order valence-corrected chi connectivity index (χ0v) is 11.0. The van der Waals surface area contributed by atoms with Gasteiger partial charge in [0.15, 0.2) is 0 Å². The van der Waals surface area contributed by atoms with E-state index >= 15 is 0 Å². The molecule has 18 heavy (non-hydrogen) atoms. The molecule has 0 bridgehead atoms. The number of benzene rings is 2. The zero-order valence-electron chi connectivity index (χ0n) is 9.39. The summed E-state index contributed by atoms with van der Waals surface area (Å²) in [5, 5.41) is 0. The second-order valence-corrected chi connectivity index (χ2v) is 4.54. The second kappa shape index (κ2) is 5.10. The summed E-state index contributed by atoms with van der Waals surface area (Å²) in [6.45, 7) is 0. The Hall–Kier alpha value is -2.01. The maximum atomic E-state index is 11.0. The van der Waals surface area contributed by atoms with Crippen molar-refractivity contribution in [3.05, 3.63) is 52.5 Å². The number of carbonyl (C=O) groups excluding carboxylic acids is 1. The number of primary amides is 1. The number of ether oxygens (including phenoxy) is 1. The average Bonchev–Trinajstić information content (AvgIpc) is 2.31. The Morgan fingerprint density at radius 2 is 1.94 bits per heavy atom. The van der Waals surface area contributed by atoms with Crippen LogP contribution in [0.3, 0.4) is 0 Å². The Labute approximate surface area is 113 Å². The van der Waals surface area contributed by atoms with Gasteiger partial charge in [-0.3, -0.25) is 4.79 Å². The first-order valence-electron chi connectivity index (χ1n) is 5.19. The van der Waals surface area contributed by atoms with Crippen LogP contribution in [0.5, 0.6) is 11.5 Å². The van der Waals surface area contributed by atoms with E-state index in [-0.39, 0.29) is 0 Å². The van der Waals surface area contributed by atoms with Crippen molar-refractivity contribution < 1.29 is 9.53 Å². The molecular formula is C13H11BrN2O2. The number of amides is 1. The van der Waals surface area contributed by atoms with Gasteiger partial charge in [-0.2, -0.15) is 0 Å². The van der Waals surface area contributed by atoms with Crippen molar-refractivity contribution in [3.8, 4) is 11.5 Å². The molecule has 0 aliphatic carbocycles. The van der Waals surface area contributed by atoms with Crippen molar-refractivity contribution in [2.45, 2.75) is 0 Å². The van der Waals surface area contributed by atoms with Crippen molar-refractivity contribution in [3.63, 3.8) is 0 Å². The summed E-state index contributed by atoms with van der Waals surface area (Å²) in [6.07, 6.45) is 0. The topological polar surface area (TPSA) is 78.3 Å². The van der Waals surface area contributed by atoms with E-state index in [0.29, 0.717) is 27.2 Å². The third-order valence-electron chi connectivity index (χ3n) is 2.30. The van der Waals surface area contributed by atoms with E-state index in [1.807, 2.05) is 0 Å². The molecule has 2 rings (SSSR count). The molecule has 0 saturated heterocycles. The molecule has 4 N–H and O–H groups in total. The number of hydrogen-bond acceptors (Lipinski definition) is 3. The average molecular weight is 307 g/mol. The Balaban J connectivity index is 2.27. The molecule has 5 heteroatoms. The van der Waals surface area contributed by atoms with E-state index in [0.717, 1.165) is 0 Å². The highest BCUT2D eigenvalue weighted by Crippen LogP contribution is 2.31. The molecule has 0 spiro atoms. The van der Waals surface area contributed by atoms with Gasteiger partial charge in [0.25, 0.3) is 0 Å². The zero-order chi connectivity index (χ0) is 13.1. The summed E-state index contributed by atoms with van der Waals surface area (Å²) in [5.41, 5.74) is 11.9. The van der Waals surface area contributed by atoms with E-state index in [9.17, 15) is 4.79 Å². The molecule has 0 aromatic heterocycles. The minimum atomic E-state index is -0.480. The third-order valence-corrected chi connectivity index (χ3v) is 2.92. The van der Waals surface area contributed by atoms with Gasteiger partial charge in [-0.25, -0.2) is 0 Å². The normalized spacial score (nSPS) is 10.1. The Bertz CT molecular complexity index is 599. The first-order chi connectivity index (χ1) is 8.56. The van der Waals surface area contributed by atoms with Crippen LogP contribution in [0.2, 0.25) is 0 Å². The number of hydrogen-bond donors (Lipinski definition) is 2. The largest absolute Gasteiger partial charge is 0.456 e. The summed E-state index contributed by atoms with van der Waals surface area (Å²) in [6, 6.07) is 12.0. The maximum Gasteiger partial charge on any atom is 0.248 e. The Morgan fingerprint density at radius 1 is 1.17 bits per heavy atom. The smallest absolute Gasteiger partial charge is 0.248 e. The molecule has 0 unspecified atom stereocenters. The fourth-order valence-corrected chi connectivity index (χ4v) is 1.90. The lowest BCUT2D eigenvalue weighted by Gasteiger charge is -2.09. The molecular weight excluding hydrogens is 296 g/mol. The van der Waals surface area contributed by atoms with Gasteiger partial charge in [-0.15, -0.1) is 0 Å². The summed E-state index contributed by atoms with van der Waals surface area (Å²) in [7, 11) is 0. The fraction of sp³-hybridized carbons (Fsp3) is 0. The highest BCUT2D eigenvalue weighted by molar-refractivity contribution is 9.10. The van der Waals surface area contributed by atoms with Gasteiger partial charge in [0, 0.05) is 17.3 Å². The predicted molar refractivity (Wildman–Crippen MR) is 73.6 cm³/mol. The number of carbonyl (C=O) groups is 1. The Morgan fingerprint density at radius 3 is 2.56 bits per heavy atom. The molecule has 0 aliphatic heterocycles. The van der Waals surface area contributed by atoms with Gasteiger partial charge in [-0.05, 0) is 46.3 Å². The summed E-state index contributed by atoms with van der Waals surface area (Å²) >= 11 is 3.33. The van der Waals surface area contributed by atoms with Crippen molar-refractivity contribution in [2.75, 3.05) is 5.73 Å². The predicted octanol–water partition coefficient (Wildman–Crippen LogP) is 2.92. The molecule has 0 heterocycles. The quantitative estimate of drug-likeness (QED) is 0.856. The van der Waals surface area contributed by atoms with Crippen molar-refractivity contribution >= 4 is 27.5 Å². The van der Waals surface area contributed by atoms with E-state index in [1.54, 1.807) is 42.5 Å². The van der Waals surface area contributed by atoms with Crippen molar-refractivity contribution in [1.82, 2.24) is 0 Å². The standard InChI is InChI=1S/C13H11BrN2O2/c14-11-6-8(13(16)17)4-5-12(11)18-10-3-1-2-9(15)7-10/h1-7H,15H2,(H2,16,17). The van der Waals surface area contributed by atoms with Gasteiger partial charge in [0.1, 0.15) is 11.5 Å². The second-order valence-electron chi connectivity index (χ2n) is 3.68. The van der Waals surface area contributed by atoms with Crippen LogP contribution in [-0.2, 0) is 0 Å². The molecule has 0 radical (unpaired) electrons. The lowest BCUT2D eigenvalue weighted by atomic mass is 10.2. The van der Waals surface area contributed by atoms with Crippen LogP contribution in [0.25, 0.3) is 0 Å². The minimum Gasteiger partial charge on any atom is -0.456 e. The molecule has 4 nitrogen and oxygen atoms in total. The minimum absolute atomic E-state index is 0.418. The molecule has 2 aromatic carbocycles. The van der Waals surface area contributed by atoms with Crippen LogP contribution < -0.4 is 16.2 Å². The van der Waals surface area contributed by atoms with Gasteiger partial charge in [-0.1, -0.05) is 6.07 Å². The van der Waals surface area contributed by atoms with Crippen LogP contribution in [0, 0.1) is 0 Å². The van der Waals surface area contributed by atoms with Crippen LogP contribution in [0.15, 0.2) is 46.9 Å². The van der Waals surface area contributed by atoms with Gasteiger partial charge in [0.2, 0.25) is 5.91 Å². The highest BCUT2D eigenvalue weighted by atomic mass is 79.9. The lowest BCUT2D eigenvalue weighted by molar-refractivity contribution is 0.1000. The van der Waals surface area contributed by atoms with Crippen molar-refractivity contribution in [2.24, 2.45) is 5.73 Å². The Kier molecular flexibility index (Phi) is 3.53. The monoisotopic (exact) mass is 306 g/mol. The van der Waals surface area contributed by atoms with Crippen LogP contribution in [0.4, 0.5) is 5.69 Å². The summed E-state index contributed by atoms with van der Waals surface area (Å²) in [4.78, 5) is 11.0. The van der Waals surface area contributed by atoms with Crippen LogP contribution >= 0.6 is 15.9 Å². The molecule has 92 valence electrons. The van der Waals surface area contributed by atoms with E-state index in [2.05, 4.69) is 15.9 Å². The lowest BCUT2D eigenvalue weighted by Crippen LogP contribution is -2.10. The molecule has 0 atom stereocenters. The number of halogens is 1. The number of rotatable bonds is 3. The number of anilines is 1. The summed E-state index contributed by atoms with van der Waals surface area (Å²) in [5.74, 6) is 0.735. The van der Waals surface area contributed by atoms with Gasteiger partial charge >= 0.3 is 0 Å². The van der Waals surface area contributed by atoms with E-state index < -0.39 is 5.91 Å². The first-order valence-corrected chi connectivity index (χ1v) is 5.98. The van der Waals surface area contributed by atoms with Gasteiger partial charge < -0.3 is 16.2 Å². The molecule has 1 amide bonds. The summed E-state index contributed by atoms with van der Waals surface area (Å²) < 4.78 is 6.30. The molecule has 0 aliphatic rings. The maximum absolute atomic E-state index is 11.0. The fourth-order valence-electron chi connectivity index (χ4n) is 1.44. The molecule has 0 fully saturated rings. The first kappa shape index (κ1) is 12.4. The number of nitrogens with two attached hydrogens (primary N) is 2. The van der Waals surface area contributed by atoms with Crippen LogP contribution in [-0.4, -0.2) is 5.91 Å². The van der Waals surface area contributed by atoms with E-state index in [4.69, 9.17) is 16.2 Å². The van der Waals surface area contributed by atoms with Gasteiger partial charge in [0.05, 0.1) is 4.47 Å². The van der Waals surface area contributed by atoms with E-state index in [1.165, 1.54) is 0 Å². The van der Waals surface area contributed by atoms with Crippen molar-refractivity contribution in [1.29, 1.82) is 0 Å². The van der Waals surface area contributed by atoms with Crippen LogP contribution in [0.1, 0.15) is 10.4 Å². The number of nitrogen functional groups attached to an aromatic ring is 1. The highest BCUT2D eigenvalue weighted by Gasteiger charge is 2.07. The third kappa shape index (κ3) is 2.81.